The summed E-state index contributed by atoms with van der Waals surface area (Å²) >= 11 is 0. The summed E-state index contributed by atoms with van der Waals surface area (Å²) in [6.45, 7) is 6.04. The summed E-state index contributed by atoms with van der Waals surface area (Å²) in [4.78, 5) is 63.1. The predicted molar refractivity (Wildman–Crippen MR) is 240 cm³/mol. The van der Waals surface area contributed by atoms with Crippen molar-refractivity contribution in [1.82, 2.24) is 15.7 Å². The maximum absolute atomic E-state index is 15.3. The van der Waals surface area contributed by atoms with Crippen molar-refractivity contribution >= 4 is 29.8 Å². The lowest BCUT2D eigenvalue weighted by Gasteiger charge is -2.49. The Kier molecular flexibility index (Phi) is 13.5. The van der Waals surface area contributed by atoms with Gasteiger partial charge in [-0.05, 0) is 63.3 Å². The van der Waals surface area contributed by atoms with Gasteiger partial charge in [-0.3, -0.25) is 24.0 Å². The quantitative estimate of drug-likeness (QED) is 0.0979. The molecule has 1 saturated carbocycles. The van der Waals surface area contributed by atoms with Gasteiger partial charge in [-0.25, -0.2) is 0 Å². The lowest BCUT2D eigenvalue weighted by atomic mass is 9.62. The van der Waals surface area contributed by atoms with E-state index in [4.69, 9.17) is 23.8 Å². The number of phenols is 1. The number of hydrogen-bond donors (Lipinski definition) is 5. The smallest absolute Gasteiger partial charge is 0.327 e. The molecule has 3 aliphatic heterocycles. The van der Waals surface area contributed by atoms with E-state index in [-0.39, 0.29) is 31.6 Å². The Morgan fingerprint density at radius 1 is 0.909 bits per heavy atom. The van der Waals surface area contributed by atoms with Gasteiger partial charge in [-0.2, -0.15) is 5.06 Å². The number of esters is 2. The molecule has 66 heavy (non-hydrogen) atoms. The van der Waals surface area contributed by atoms with Gasteiger partial charge >= 0.3 is 11.9 Å². The minimum atomic E-state index is -1.73. The van der Waals surface area contributed by atoms with Crippen LogP contribution in [0.1, 0.15) is 74.8 Å². The van der Waals surface area contributed by atoms with E-state index in [1.54, 1.807) is 32.9 Å². The number of nitrogens with one attached hydrogen (secondary N) is 2. The number of aromatic hydroxyl groups is 1. The fourth-order valence-corrected chi connectivity index (χ4v) is 9.53. The topological polar surface area (TPSA) is 202 Å². The molecule has 4 aromatic rings. The molecule has 348 valence electrons. The van der Waals surface area contributed by atoms with Crippen LogP contribution >= 0.6 is 0 Å². The molecule has 8 rings (SSSR count). The Balaban J connectivity index is 1.11. The number of hydrogen-bond acceptors (Lipinski definition) is 13. The van der Waals surface area contributed by atoms with Crippen LogP contribution in [0.2, 0.25) is 0 Å². The summed E-state index contributed by atoms with van der Waals surface area (Å²) < 4.78 is 25.6. The third-order valence-corrected chi connectivity index (χ3v) is 12.5. The lowest BCUT2D eigenvalue weighted by Crippen LogP contribution is -2.71. The van der Waals surface area contributed by atoms with Gasteiger partial charge in [0.1, 0.15) is 47.2 Å². The van der Waals surface area contributed by atoms with Gasteiger partial charge in [0.2, 0.25) is 17.6 Å². The van der Waals surface area contributed by atoms with E-state index in [9.17, 15) is 29.7 Å². The van der Waals surface area contributed by atoms with Gasteiger partial charge in [0, 0.05) is 24.0 Å². The number of para-hydroxylation sites is 1. The highest BCUT2D eigenvalue weighted by Gasteiger charge is 2.76. The van der Waals surface area contributed by atoms with E-state index < -0.39 is 95.8 Å². The molecule has 9 unspecified atom stereocenters. The zero-order valence-electron chi connectivity index (χ0n) is 37.4. The van der Waals surface area contributed by atoms with E-state index in [2.05, 4.69) is 10.6 Å². The summed E-state index contributed by atoms with van der Waals surface area (Å²) in [7, 11) is 0. The molecular weight excluding hydrogens is 847 g/mol. The zero-order valence-corrected chi connectivity index (χ0v) is 37.4. The van der Waals surface area contributed by atoms with E-state index in [1.807, 2.05) is 109 Å². The van der Waals surface area contributed by atoms with Crippen molar-refractivity contribution in [2.24, 2.45) is 5.41 Å². The highest BCUT2D eigenvalue weighted by Crippen LogP contribution is 2.59. The van der Waals surface area contributed by atoms with Crippen molar-refractivity contribution in [2.75, 3.05) is 6.61 Å². The number of rotatable bonds is 16. The molecule has 0 aromatic heterocycles. The Morgan fingerprint density at radius 3 is 2.23 bits per heavy atom. The Bertz CT molecular complexity index is 2380. The molecule has 5 N–H and O–H groups in total. The minimum absolute atomic E-state index is 0.0284. The zero-order chi connectivity index (χ0) is 46.8. The van der Waals surface area contributed by atoms with Crippen LogP contribution in [0.4, 0.5) is 0 Å². The van der Waals surface area contributed by atoms with Crippen LogP contribution in [0.15, 0.2) is 115 Å². The SMILES string of the molecule is CC(O)C(NC(=O)C12CC3OC(=O)C1N(Cc1cccc(C=CCc4ccccc4O)c1)OC2C1OC(c2ccccc2)(c2ccccc2)OC31)C(=O)NC(CO)CCC(=O)OC(C)(C)C. The first-order valence-corrected chi connectivity index (χ1v) is 22.4. The van der Waals surface area contributed by atoms with Crippen LogP contribution in [0, 0.1) is 5.41 Å². The van der Waals surface area contributed by atoms with E-state index in [1.165, 1.54) is 12.0 Å². The van der Waals surface area contributed by atoms with Gasteiger partial charge in [0.05, 0.1) is 25.3 Å². The first kappa shape index (κ1) is 46.6. The monoisotopic (exact) mass is 903 g/mol. The molecule has 3 saturated heterocycles. The lowest BCUT2D eigenvalue weighted by molar-refractivity contribution is -0.213. The molecule has 1 aliphatic carbocycles. The third kappa shape index (κ3) is 9.37. The standard InChI is InChI=1S/C51H57N3O12/c1-31(56)41(46(59)52-37(30-55)25-26-40(58)63-49(2,3)4)53-48(61)50-28-39-42-43(65-51(64-42,35-20-7-5-8-21-35)36-22-9-6-10-23-36)45(50)66-54(44(50)47(60)62-39)29-33-17-13-15-32(27-33)16-14-19-34-18-11-12-24-38(34)57/h5-18,20-24,27,31,37,39,41-45,55-57H,19,25-26,28-30H2,1-4H3,(H,52,59)(H,53,61). The van der Waals surface area contributed by atoms with Crippen LogP contribution in [0.5, 0.6) is 5.75 Å². The van der Waals surface area contributed by atoms with Crippen molar-refractivity contribution in [2.45, 2.75) is 120 Å². The number of fused-ring (bicyclic) bond motifs is 4. The second-order valence-electron chi connectivity index (χ2n) is 18.4. The van der Waals surface area contributed by atoms with Gasteiger partial charge in [-0.1, -0.05) is 115 Å². The number of hydroxylamine groups is 2. The molecule has 0 radical (unpaired) electrons. The summed E-state index contributed by atoms with van der Waals surface area (Å²) in [6, 6.07) is 29.6. The minimum Gasteiger partial charge on any atom is -0.508 e. The van der Waals surface area contributed by atoms with Crippen molar-refractivity contribution in [3.8, 4) is 5.75 Å². The number of aliphatic hydroxyl groups is 2. The Morgan fingerprint density at radius 2 is 1.58 bits per heavy atom. The number of carbonyl (C=O) groups is 4. The average molecular weight is 904 g/mol. The van der Waals surface area contributed by atoms with E-state index in [0.717, 1.165) is 16.7 Å². The van der Waals surface area contributed by atoms with Gasteiger partial charge in [-0.15, -0.1) is 0 Å². The molecule has 4 fully saturated rings. The van der Waals surface area contributed by atoms with Crippen LogP contribution in [0.3, 0.4) is 0 Å². The van der Waals surface area contributed by atoms with Gasteiger partial charge in [0.15, 0.2) is 6.04 Å². The molecule has 4 aliphatic rings. The first-order valence-electron chi connectivity index (χ1n) is 22.4. The second kappa shape index (κ2) is 19.1. The maximum Gasteiger partial charge on any atom is 0.327 e. The predicted octanol–water partition coefficient (Wildman–Crippen LogP) is 4.60. The molecule has 3 heterocycles. The third-order valence-electron chi connectivity index (χ3n) is 12.5. The molecular formula is C51H57N3O12. The molecule has 2 bridgehead atoms. The number of ether oxygens (including phenoxy) is 4. The number of nitrogens with zero attached hydrogens (tertiary/aromatic N) is 1. The van der Waals surface area contributed by atoms with Crippen molar-refractivity contribution in [3.05, 3.63) is 143 Å². The average Bonchev–Trinajstić information content (AvgIpc) is 3.87. The summed E-state index contributed by atoms with van der Waals surface area (Å²) in [5, 5.41) is 38.4. The summed E-state index contributed by atoms with van der Waals surface area (Å²) in [6.07, 6.45) is -1.26. The largest absolute Gasteiger partial charge is 0.508 e. The van der Waals surface area contributed by atoms with Crippen molar-refractivity contribution in [1.29, 1.82) is 0 Å². The molecule has 15 nitrogen and oxygen atoms in total. The normalized spacial score (nSPS) is 25.6. The molecule has 4 aromatic carbocycles. The van der Waals surface area contributed by atoms with Crippen LogP contribution in [0.25, 0.3) is 6.08 Å². The highest BCUT2D eigenvalue weighted by atomic mass is 16.8. The van der Waals surface area contributed by atoms with Crippen molar-refractivity contribution in [3.63, 3.8) is 0 Å². The van der Waals surface area contributed by atoms with Crippen molar-refractivity contribution < 1.29 is 58.3 Å². The van der Waals surface area contributed by atoms with Crippen LogP contribution in [-0.4, -0.2) is 105 Å². The maximum atomic E-state index is 15.3. The fourth-order valence-electron chi connectivity index (χ4n) is 9.53. The number of amides is 2. The van der Waals surface area contributed by atoms with Gasteiger partial charge < -0.3 is 44.9 Å². The van der Waals surface area contributed by atoms with Gasteiger partial charge in [0.25, 0.3) is 0 Å². The van der Waals surface area contributed by atoms with Crippen LogP contribution in [-0.2, 0) is 61.7 Å². The van der Waals surface area contributed by atoms with E-state index in [0.29, 0.717) is 17.5 Å². The number of benzene rings is 4. The Hall–Kier alpha value is -5.94. The number of carbonyl (C=O) groups excluding carboxylic acids is 4. The summed E-state index contributed by atoms with van der Waals surface area (Å²) in [5.74, 6) is -4.11. The molecule has 9 atom stereocenters. The number of aliphatic hydroxyl groups excluding tert-OH is 2. The number of allylic oxidation sites excluding steroid dienone is 1. The highest BCUT2D eigenvalue weighted by molar-refractivity contribution is 5.96. The van der Waals surface area contributed by atoms with E-state index >= 15 is 4.79 Å². The molecule has 2 amide bonds. The summed E-state index contributed by atoms with van der Waals surface area (Å²) in [5.41, 5.74) is 1.24. The molecule has 0 spiro atoms. The second-order valence-corrected chi connectivity index (χ2v) is 18.4. The first-order chi connectivity index (χ1) is 31.6. The fraction of sp³-hybridized carbons (Fsp3) is 0.412. The molecule has 15 heteroatoms. The Labute approximate surface area is 383 Å². The van der Waals surface area contributed by atoms with Crippen LogP contribution < -0.4 is 10.6 Å². The number of phenolic OH excluding ortho intramolecular Hbond substituents is 1.